The van der Waals surface area contributed by atoms with E-state index in [9.17, 15) is 8.78 Å². The van der Waals surface area contributed by atoms with Crippen molar-refractivity contribution in [1.29, 1.82) is 0 Å². The summed E-state index contributed by atoms with van der Waals surface area (Å²) in [6.07, 6.45) is 2.91. The second kappa shape index (κ2) is 3.31. The van der Waals surface area contributed by atoms with E-state index in [1.165, 1.54) is 17.7 Å². The van der Waals surface area contributed by atoms with Gasteiger partial charge in [0.1, 0.15) is 6.61 Å². The van der Waals surface area contributed by atoms with Crippen molar-refractivity contribution < 1.29 is 13.9 Å². The molecule has 0 aliphatic heterocycles. The van der Waals surface area contributed by atoms with Gasteiger partial charge in [0.25, 0.3) is 5.92 Å². The number of halogens is 2. The molecule has 76 valence electrons. The highest BCUT2D eigenvalue weighted by Crippen LogP contribution is 2.31. The van der Waals surface area contributed by atoms with Crippen LogP contribution in [0.3, 0.4) is 0 Å². The summed E-state index contributed by atoms with van der Waals surface area (Å²) in [5, 5.41) is 8.55. The first-order valence-corrected chi connectivity index (χ1v) is 4.74. The van der Waals surface area contributed by atoms with Crippen LogP contribution >= 0.6 is 0 Å². The highest BCUT2D eigenvalue weighted by molar-refractivity contribution is 5.36. The van der Waals surface area contributed by atoms with Crippen molar-refractivity contribution in [3.05, 3.63) is 34.9 Å². The molecule has 0 radical (unpaired) electrons. The number of hydrogen-bond donors (Lipinski definition) is 1. The molecule has 0 bridgehead atoms. The molecule has 0 saturated carbocycles. The molecule has 1 aliphatic carbocycles. The first-order chi connectivity index (χ1) is 6.63. The molecular formula is C11H12F2O. The van der Waals surface area contributed by atoms with Gasteiger partial charge in [0.15, 0.2) is 0 Å². The number of aliphatic hydroxyl groups is 1. The zero-order valence-corrected chi connectivity index (χ0v) is 7.76. The number of aliphatic hydroxyl groups excluding tert-OH is 1. The minimum absolute atomic E-state index is 0.0688. The Morgan fingerprint density at radius 3 is 2.64 bits per heavy atom. The predicted octanol–water partition coefficient (Wildman–Crippen LogP) is 2.26. The lowest BCUT2D eigenvalue weighted by atomic mass is 10.0. The van der Waals surface area contributed by atoms with Gasteiger partial charge in [0.05, 0.1) is 0 Å². The molecule has 0 amide bonds. The summed E-state index contributed by atoms with van der Waals surface area (Å²) in [6.45, 7) is -1.12. The van der Waals surface area contributed by atoms with E-state index >= 15 is 0 Å². The molecule has 0 atom stereocenters. The van der Waals surface area contributed by atoms with Gasteiger partial charge in [0.2, 0.25) is 0 Å². The average Bonchev–Trinajstić information content (AvgIpc) is 2.64. The lowest BCUT2D eigenvalue weighted by molar-refractivity contribution is -0.0556. The molecule has 1 N–H and O–H groups in total. The van der Waals surface area contributed by atoms with Crippen molar-refractivity contribution in [3.63, 3.8) is 0 Å². The van der Waals surface area contributed by atoms with E-state index in [1.807, 2.05) is 0 Å². The largest absolute Gasteiger partial charge is 0.390 e. The summed E-state index contributed by atoms with van der Waals surface area (Å²) >= 11 is 0. The monoisotopic (exact) mass is 198 g/mol. The fourth-order valence-corrected chi connectivity index (χ4v) is 1.89. The summed E-state index contributed by atoms with van der Waals surface area (Å²) < 4.78 is 26.2. The number of alkyl halides is 2. The van der Waals surface area contributed by atoms with Crippen LogP contribution in [-0.2, 0) is 18.8 Å². The number of benzene rings is 1. The molecule has 0 aromatic heterocycles. The molecule has 0 spiro atoms. The number of fused-ring (bicyclic) bond motifs is 1. The molecule has 1 aromatic rings. The van der Waals surface area contributed by atoms with Gasteiger partial charge < -0.3 is 5.11 Å². The Morgan fingerprint density at radius 1 is 1.21 bits per heavy atom. The minimum Gasteiger partial charge on any atom is -0.390 e. The van der Waals surface area contributed by atoms with Crippen molar-refractivity contribution in [2.24, 2.45) is 0 Å². The van der Waals surface area contributed by atoms with Crippen molar-refractivity contribution in [2.45, 2.75) is 25.2 Å². The Labute approximate surface area is 81.4 Å². The SMILES string of the molecule is OCC(F)(F)c1ccc2c(c1)CCC2. The molecule has 2 rings (SSSR count). The standard InChI is InChI=1S/C11H12F2O/c12-11(13,7-14)10-5-4-8-2-1-3-9(8)6-10/h4-6,14H,1-3,7H2. The Kier molecular flexibility index (Phi) is 2.27. The predicted molar refractivity (Wildman–Crippen MR) is 49.4 cm³/mol. The molecular weight excluding hydrogens is 186 g/mol. The van der Waals surface area contributed by atoms with Crippen LogP contribution in [0.25, 0.3) is 0 Å². The zero-order chi connectivity index (χ0) is 10.2. The maximum absolute atomic E-state index is 13.1. The van der Waals surface area contributed by atoms with E-state index < -0.39 is 12.5 Å². The first kappa shape index (κ1) is 9.59. The third kappa shape index (κ3) is 1.52. The number of rotatable bonds is 2. The molecule has 3 heteroatoms. The van der Waals surface area contributed by atoms with Gasteiger partial charge in [-0.2, -0.15) is 8.78 Å². The Bertz CT molecular complexity index is 347. The molecule has 0 unspecified atom stereocenters. The fourth-order valence-electron chi connectivity index (χ4n) is 1.89. The zero-order valence-electron chi connectivity index (χ0n) is 7.76. The summed E-state index contributed by atoms with van der Waals surface area (Å²) in [6, 6.07) is 4.69. The molecule has 14 heavy (non-hydrogen) atoms. The molecule has 1 nitrogen and oxygen atoms in total. The van der Waals surface area contributed by atoms with Crippen LogP contribution < -0.4 is 0 Å². The lowest BCUT2D eigenvalue weighted by Gasteiger charge is -2.14. The van der Waals surface area contributed by atoms with Crippen LogP contribution in [-0.4, -0.2) is 11.7 Å². The van der Waals surface area contributed by atoms with Crippen LogP contribution in [0.4, 0.5) is 8.78 Å². The molecule has 1 aliphatic rings. The third-order valence-electron chi connectivity index (χ3n) is 2.72. The fraction of sp³-hybridized carbons (Fsp3) is 0.455. The van der Waals surface area contributed by atoms with Crippen LogP contribution in [0, 0.1) is 0 Å². The van der Waals surface area contributed by atoms with Gasteiger partial charge in [-0.05, 0) is 36.5 Å². The molecule has 0 fully saturated rings. The van der Waals surface area contributed by atoms with Crippen molar-refractivity contribution in [2.75, 3.05) is 6.61 Å². The van der Waals surface area contributed by atoms with Crippen molar-refractivity contribution >= 4 is 0 Å². The summed E-state index contributed by atoms with van der Waals surface area (Å²) in [5.41, 5.74) is 2.11. The van der Waals surface area contributed by atoms with Gasteiger partial charge in [-0.3, -0.25) is 0 Å². The summed E-state index contributed by atoms with van der Waals surface area (Å²) in [4.78, 5) is 0. The topological polar surface area (TPSA) is 20.2 Å². The van der Waals surface area contributed by atoms with Gasteiger partial charge >= 0.3 is 0 Å². The van der Waals surface area contributed by atoms with Crippen LogP contribution in [0.1, 0.15) is 23.1 Å². The highest BCUT2D eigenvalue weighted by Gasteiger charge is 2.31. The van der Waals surface area contributed by atoms with E-state index in [2.05, 4.69) is 0 Å². The van der Waals surface area contributed by atoms with Crippen LogP contribution in [0.15, 0.2) is 18.2 Å². The second-order valence-corrected chi connectivity index (χ2v) is 3.70. The van der Waals surface area contributed by atoms with Crippen LogP contribution in [0.5, 0.6) is 0 Å². The van der Waals surface area contributed by atoms with Crippen molar-refractivity contribution in [1.82, 2.24) is 0 Å². The van der Waals surface area contributed by atoms with Gasteiger partial charge in [-0.25, -0.2) is 0 Å². The molecule has 0 saturated heterocycles. The summed E-state index contributed by atoms with van der Waals surface area (Å²) in [7, 11) is 0. The highest BCUT2D eigenvalue weighted by atomic mass is 19.3. The maximum atomic E-state index is 13.1. The van der Waals surface area contributed by atoms with Crippen molar-refractivity contribution in [3.8, 4) is 0 Å². The second-order valence-electron chi connectivity index (χ2n) is 3.70. The van der Waals surface area contributed by atoms with Gasteiger partial charge in [-0.15, -0.1) is 0 Å². The molecule has 0 heterocycles. The minimum atomic E-state index is -3.10. The number of hydrogen-bond acceptors (Lipinski definition) is 1. The van der Waals surface area contributed by atoms with Crippen LogP contribution in [0.2, 0.25) is 0 Å². The van der Waals surface area contributed by atoms with E-state index in [1.54, 1.807) is 6.07 Å². The van der Waals surface area contributed by atoms with E-state index in [0.717, 1.165) is 24.8 Å². The smallest absolute Gasteiger partial charge is 0.295 e. The number of aryl methyl sites for hydroxylation is 2. The van der Waals surface area contributed by atoms with E-state index in [4.69, 9.17) is 5.11 Å². The first-order valence-electron chi connectivity index (χ1n) is 4.74. The normalized spacial score (nSPS) is 15.6. The van der Waals surface area contributed by atoms with Gasteiger partial charge in [0, 0.05) is 5.56 Å². The quantitative estimate of drug-likeness (QED) is 0.772. The Hall–Kier alpha value is -0.960. The van der Waals surface area contributed by atoms with E-state index in [-0.39, 0.29) is 5.56 Å². The Morgan fingerprint density at radius 2 is 1.93 bits per heavy atom. The average molecular weight is 198 g/mol. The maximum Gasteiger partial charge on any atom is 0.295 e. The van der Waals surface area contributed by atoms with E-state index in [0.29, 0.717) is 0 Å². The summed E-state index contributed by atoms with van der Waals surface area (Å²) in [5.74, 6) is -3.10. The third-order valence-corrected chi connectivity index (χ3v) is 2.72. The van der Waals surface area contributed by atoms with Gasteiger partial charge in [-0.1, -0.05) is 12.1 Å². The molecule has 1 aromatic carbocycles. The lowest BCUT2D eigenvalue weighted by Crippen LogP contribution is -2.18. The Balaban J connectivity index is 2.38.